The molecule has 1 heterocycles. The Morgan fingerprint density at radius 1 is 1.45 bits per heavy atom. The van der Waals surface area contributed by atoms with Gasteiger partial charge in [0.05, 0.1) is 13.7 Å². The molecule has 0 spiro atoms. The zero-order valence-electron chi connectivity index (χ0n) is 11.7. The van der Waals surface area contributed by atoms with Crippen molar-refractivity contribution in [1.29, 1.82) is 0 Å². The first kappa shape index (κ1) is 14.1. The van der Waals surface area contributed by atoms with Crippen LogP contribution in [0.25, 0.3) is 6.08 Å². The van der Waals surface area contributed by atoms with Crippen LogP contribution in [0.4, 0.5) is 0 Å². The van der Waals surface area contributed by atoms with E-state index in [-0.39, 0.29) is 18.4 Å². The Morgan fingerprint density at radius 3 is 2.95 bits per heavy atom. The molecule has 1 aliphatic rings. The molecule has 0 atom stereocenters. The minimum absolute atomic E-state index is 0.119. The van der Waals surface area contributed by atoms with Crippen LogP contribution in [0.3, 0.4) is 0 Å². The third kappa shape index (κ3) is 3.38. The third-order valence-electron chi connectivity index (χ3n) is 3.14. The van der Waals surface area contributed by atoms with Crippen molar-refractivity contribution in [3.8, 4) is 5.75 Å². The molecule has 2 rings (SSSR count). The highest BCUT2D eigenvalue weighted by Crippen LogP contribution is 2.21. The third-order valence-corrected chi connectivity index (χ3v) is 3.14. The number of rotatable bonds is 3. The number of ether oxygens (including phenoxy) is 1. The van der Waals surface area contributed by atoms with Crippen LogP contribution in [0.1, 0.15) is 11.1 Å². The minimum Gasteiger partial charge on any atom is -0.496 e. The van der Waals surface area contributed by atoms with Crippen LogP contribution in [0.5, 0.6) is 5.75 Å². The number of hydrogen-bond acceptors (Lipinski definition) is 3. The largest absolute Gasteiger partial charge is 0.496 e. The number of benzene rings is 1. The summed E-state index contributed by atoms with van der Waals surface area (Å²) in [5, 5.41) is 2.69. The fourth-order valence-corrected chi connectivity index (χ4v) is 2.08. The summed E-state index contributed by atoms with van der Waals surface area (Å²) in [5.74, 6) is 0.436. The zero-order valence-corrected chi connectivity index (χ0v) is 11.7. The fourth-order valence-electron chi connectivity index (χ4n) is 2.08. The van der Waals surface area contributed by atoms with Crippen molar-refractivity contribution in [2.75, 3.05) is 26.7 Å². The standard InChI is InChI=1S/C15H18N2O3/c1-11-3-5-13(20-2)12(9-11)4-6-15(19)17-8-7-16-14(18)10-17/h3-6,9H,7-8,10H2,1-2H3,(H,16,18)/b6-4+. The van der Waals surface area contributed by atoms with Gasteiger partial charge >= 0.3 is 0 Å². The average molecular weight is 274 g/mol. The summed E-state index contributed by atoms with van der Waals surface area (Å²) < 4.78 is 5.25. The molecular formula is C15H18N2O3. The number of carbonyl (C=O) groups is 2. The number of nitrogens with one attached hydrogen (secondary N) is 1. The number of piperazine rings is 1. The molecular weight excluding hydrogens is 256 g/mol. The molecule has 20 heavy (non-hydrogen) atoms. The van der Waals surface area contributed by atoms with Crippen LogP contribution in [0.2, 0.25) is 0 Å². The van der Waals surface area contributed by atoms with Crippen molar-refractivity contribution >= 4 is 17.9 Å². The summed E-state index contributed by atoms with van der Waals surface area (Å²) in [6, 6.07) is 5.77. The van der Waals surface area contributed by atoms with Crippen molar-refractivity contribution in [3.05, 3.63) is 35.4 Å². The van der Waals surface area contributed by atoms with Crippen molar-refractivity contribution < 1.29 is 14.3 Å². The molecule has 0 radical (unpaired) electrons. The first-order chi connectivity index (χ1) is 9.60. The van der Waals surface area contributed by atoms with Gasteiger partial charge in [-0.25, -0.2) is 0 Å². The second kappa shape index (κ2) is 6.23. The van der Waals surface area contributed by atoms with Crippen molar-refractivity contribution in [1.82, 2.24) is 10.2 Å². The quantitative estimate of drug-likeness (QED) is 0.836. The second-order valence-corrected chi connectivity index (χ2v) is 4.69. The molecule has 1 aliphatic heterocycles. The lowest BCUT2D eigenvalue weighted by Crippen LogP contribution is -2.49. The van der Waals surface area contributed by atoms with Gasteiger partial charge in [0.25, 0.3) is 0 Å². The van der Waals surface area contributed by atoms with Gasteiger partial charge in [-0.1, -0.05) is 11.6 Å². The van der Waals surface area contributed by atoms with Gasteiger partial charge in [0.15, 0.2) is 0 Å². The molecule has 1 saturated heterocycles. The fraction of sp³-hybridized carbons (Fsp3) is 0.333. The summed E-state index contributed by atoms with van der Waals surface area (Å²) in [7, 11) is 1.60. The molecule has 5 nitrogen and oxygen atoms in total. The Bertz CT molecular complexity index is 552. The molecule has 0 bridgehead atoms. The van der Waals surface area contributed by atoms with Gasteiger partial charge in [-0.05, 0) is 25.1 Å². The lowest BCUT2D eigenvalue weighted by Gasteiger charge is -2.25. The average Bonchev–Trinajstić information content (AvgIpc) is 2.45. The summed E-state index contributed by atoms with van der Waals surface area (Å²) in [6.45, 7) is 3.15. The van der Waals surface area contributed by atoms with E-state index in [1.54, 1.807) is 13.2 Å². The van der Waals surface area contributed by atoms with Crippen molar-refractivity contribution in [2.24, 2.45) is 0 Å². The second-order valence-electron chi connectivity index (χ2n) is 4.69. The molecule has 0 aliphatic carbocycles. The molecule has 1 aromatic carbocycles. The summed E-state index contributed by atoms with van der Waals surface area (Å²) in [4.78, 5) is 24.8. The summed E-state index contributed by atoms with van der Waals surface area (Å²) in [5.41, 5.74) is 1.94. The minimum atomic E-state index is -0.164. The SMILES string of the molecule is COc1ccc(C)cc1/C=C/C(=O)N1CCNC(=O)C1. The van der Waals surface area contributed by atoms with E-state index in [0.717, 1.165) is 16.9 Å². The first-order valence-electron chi connectivity index (χ1n) is 6.48. The highest BCUT2D eigenvalue weighted by Gasteiger charge is 2.19. The monoisotopic (exact) mass is 274 g/mol. The Hall–Kier alpha value is -2.30. The summed E-state index contributed by atoms with van der Waals surface area (Å²) in [6.07, 6.45) is 3.20. The van der Waals surface area contributed by atoms with E-state index in [4.69, 9.17) is 4.74 Å². The van der Waals surface area contributed by atoms with Gasteiger partial charge in [0.1, 0.15) is 5.75 Å². The maximum Gasteiger partial charge on any atom is 0.247 e. The highest BCUT2D eigenvalue weighted by atomic mass is 16.5. The Labute approximate surface area is 118 Å². The van der Waals surface area contributed by atoms with Gasteiger partial charge < -0.3 is 15.0 Å². The topological polar surface area (TPSA) is 58.6 Å². The number of hydrogen-bond donors (Lipinski definition) is 1. The number of amides is 2. The van der Waals surface area contributed by atoms with E-state index in [0.29, 0.717) is 13.1 Å². The number of methoxy groups -OCH3 is 1. The number of aryl methyl sites for hydroxylation is 1. The molecule has 0 saturated carbocycles. The van der Waals surface area contributed by atoms with Gasteiger partial charge in [-0.2, -0.15) is 0 Å². The lowest BCUT2D eigenvalue weighted by molar-refractivity contribution is -0.134. The van der Waals surface area contributed by atoms with Gasteiger partial charge in [-0.3, -0.25) is 9.59 Å². The Morgan fingerprint density at radius 2 is 2.25 bits per heavy atom. The van der Waals surface area contributed by atoms with Crippen LogP contribution in [0.15, 0.2) is 24.3 Å². The van der Waals surface area contributed by atoms with E-state index in [2.05, 4.69) is 5.32 Å². The number of carbonyl (C=O) groups excluding carboxylic acids is 2. The molecule has 1 aromatic rings. The first-order valence-corrected chi connectivity index (χ1v) is 6.48. The van der Waals surface area contributed by atoms with E-state index in [1.165, 1.54) is 11.0 Å². The molecule has 5 heteroatoms. The van der Waals surface area contributed by atoms with Crippen LogP contribution in [0, 0.1) is 6.92 Å². The Balaban J connectivity index is 2.10. The molecule has 0 aromatic heterocycles. The van der Waals surface area contributed by atoms with Crippen molar-refractivity contribution in [2.45, 2.75) is 6.92 Å². The zero-order chi connectivity index (χ0) is 14.5. The normalized spacial score (nSPS) is 15.3. The Kier molecular flexibility index (Phi) is 4.40. The smallest absolute Gasteiger partial charge is 0.247 e. The predicted molar refractivity (Wildman–Crippen MR) is 76.4 cm³/mol. The molecule has 0 unspecified atom stereocenters. The van der Waals surface area contributed by atoms with Gasteiger partial charge in [-0.15, -0.1) is 0 Å². The molecule has 1 fully saturated rings. The summed E-state index contributed by atoms with van der Waals surface area (Å²) >= 11 is 0. The maximum atomic E-state index is 12.0. The highest BCUT2D eigenvalue weighted by molar-refractivity contribution is 5.95. The number of nitrogens with zero attached hydrogens (tertiary/aromatic N) is 1. The van der Waals surface area contributed by atoms with Crippen molar-refractivity contribution in [3.63, 3.8) is 0 Å². The van der Waals surface area contributed by atoms with E-state index in [9.17, 15) is 9.59 Å². The molecule has 1 N–H and O–H groups in total. The molecule has 106 valence electrons. The van der Waals surface area contributed by atoms with Gasteiger partial charge in [0.2, 0.25) is 11.8 Å². The van der Waals surface area contributed by atoms with Crippen LogP contribution >= 0.6 is 0 Å². The molecule has 2 amide bonds. The van der Waals surface area contributed by atoms with Crippen LogP contribution in [-0.4, -0.2) is 43.5 Å². The van der Waals surface area contributed by atoms with Gasteiger partial charge in [0, 0.05) is 24.7 Å². The maximum absolute atomic E-state index is 12.0. The van der Waals surface area contributed by atoms with Crippen LogP contribution < -0.4 is 10.1 Å². The lowest BCUT2D eigenvalue weighted by atomic mass is 10.1. The van der Waals surface area contributed by atoms with Crippen LogP contribution in [-0.2, 0) is 9.59 Å². The predicted octanol–water partition coefficient (Wildman–Crippen LogP) is 0.975. The van der Waals surface area contributed by atoms with E-state index >= 15 is 0 Å². The van der Waals surface area contributed by atoms with E-state index in [1.807, 2.05) is 25.1 Å². The van der Waals surface area contributed by atoms with E-state index < -0.39 is 0 Å².